The zero-order valence-electron chi connectivity index (χ0n) is 17.7. The van der Waals surface area contributed by atoms with Gasteiger partial charge >= 0.3 is 6.18 Å². The Balaban J connectivity index is 1.49. The standard InChI is InChI=1S/C26H21F3N4/c1-3-19-8-6-12-23-24(19)31-16-32-25(23)30-15-18-7-4-11-22(13-18)33-17(2)20-9-5-10-21(14-20)26(27,28)29/h3-14,16,33H,1-2,15H2,(H,30,31,32). The van der Waals surface area contributed by atoms with Crippen molar-refractivity contribution in [3.05, 3.63) is 108 Å². The number of hydrogen-bond donors (Lipinski definition) is 2. The third-order valence-electron chi connectivity index (χ3n) is 5.14. The summed E-state index contributed by atoms with van der Waals surface area (Å²) in [4.78, 5) is 8.71. The molecule has 0 radical (unpaired) electrons. The first-order chi connectivity index (χ1) is 15.8. The first kappa shape index (κ1) is 22.1. The number of hydrogen-bond acceptors (Lipinski definition) is 4. The number of anilines is 2. The fourth-order valence-corrected chi connectivity index (χ4v) is 3.49. The molecule has 7 heteroatoms. The molecule has 1 heterocycles. The second-order valence-electron chi connectivity index (χ2n) is 7.41. The van der Waals surface area contributed by atoms with Gasteiger partial charge in [-0.2, -0.15) is 13.2 Å². The number of fused-ring (bicyclic) bond motifs is 1. The quantitative estimate of drug-likeness (QED) is 0.321. The molecule has 0 saturated heterocycles. The highest BCUT2D eigenvalue weighted by Gasteiger charge is 2.30. The molecule has 0 fully saturated rings. The third kappa shape index (κ3) is 5.03. The average molecular weight is 446 g/mol. The lowest BCUT2D eigenvalue weighted by Gasteiger charge is -2.14. The highest BCUT2D eigenvalue weighted by atomic mass is 19.4. The van der Waals surface area contributed by atoms with E-state index in [1.807, 2.05) is 42.5 Å². The van der Waals surface area contributed by atoms with Crippen molar-refractivity contribution >= 4 is 34.2 Å². The van der Waals surface area contributed by atoms with Crippen LogP contribution in [0.3, 0.4) is 0 Å². The van der Waals surface area contributed by atoms with Crippen LogP contribution in [0.1, 0.15) is 22.3 Å². The first-order valence-corrected chi connectivity index (χ1v) is 10.2. The summed E-state index contributed by atoms with van der Waals surface area (Å²) in [6.45, 7) is 8.22. The molecule has 2 N–H and O–H groups in total. The van der Waals surface area contributed by atoms with Gasteiger partial charge in [0, 0.05) is 28.9 Å². The molecule has 4 nitrogen and oxygen atoms in total. The van der Waals surface area contributed by atoms with Gasteiger partial charge in [-0.1, -0.05) is 55.6 Å². The largest absolute Gasteiger partial charge is 0.416 e. The van der Waals surface area contributed by atoms with Gasteiger partial charge in [-0.05, 0) is 41.5 Å². The molecule has 166 valence electrons. The number of alkyl halides is 3. The molecule has 0 unspecified atom stereocenters. The van der Waals surface area contributed by atoms with Crippen LogP contribution in [-0.2, 0) is 12.7 Å². The Kier molecular flexibility index (Phi) is 6.13. The Labute approximate surface area is 189 Å². The van der Waals surface area contributed by atoms with E-state index in [1.54, 1.807) is 12.1 Å². The molecule has 0 aliphatic heterocycles. The van der Waals surface area contributed by atoms with Crippen molar-refractivity contribution < 1.29 is 13.2 Å². The van der Waals surface area contributed by atoms with Gasteiger partial charge < -0.3 is 10.6 Å². The molecule has 3 aromatic carbocycles. The minimum Gasteiger partial charge on any atom is -0.365 e. The maximum atomic E-state index is 13.0. The van der Waals surface area contributed by atoms with E-state index in [9.17, 15) is 13.2 Å². The monoisotopic (exact) mass is 446 g/mol. The van der Waals surface area contributed by atoms with Gasteiger partial charge in [0.1, 0.15) is 12.1 Å². The minimum atomic E-state index is -4.40. The summed E-state index contributed by atoms with van der Waals surface area (Å²) in [6, 6.07) is 18.5. The molecular weight excluding hydrogens is 425 g/mol. The van der Waals surface area contributed by atoms with Gasteiger partial charge in [-0.25, -0.2) is 9.97 Å². The Hall–Kier alpha value is -4.13. The molecule has 0 amide bonds. The molecule has 4 rings (SSSR count). The molecule has 0 atom stereocenters. The van der Waals surface area contributed by atoms with Crippen LogP contribution < -0.4 is 10.6 Å². The molecule has 0 saturated carbocycles. The van der Waals surface area contributed by atoms with Crippen LogP contribution in [-0.4, -0.2) is 9.97 Å². The second kappa shape index (κ2) is 9.16. The number of benzene rings is 3. The van der Waals surface area contributed by atoms with Crippen molar-refractivity contribution in [3.63, 3.8) is 0 Å². The molecule has 33 heavy (non-hydrogen) atoms. The minimum absolute atomic E-state index is 0.374. The van der Waals surface area contributed by atoms with E-state index in [2.05, 4.69) is 33.8 Å². The van der Waals surface area contributed by atoms with Crippen molar-refractivity contribution in [2.24, 2.45) is 0 Å². The smallest absolute Gasteiger partial charge is 0.365 e. The molecule has 1 aromatic heterocycles. The normalized spacial score (nSPS) is 11.2. The Morgan fingerprint density at radius 2 is 1.76 bits per heavy atom. The second-order valence-corrected chi connectivity index (χ2v) is 7.41. The fourth-order valence-electron chi connectivity index (χ4n) is 3.49. The van der Waals surface area contributed by atoms with Crippen LogP contribution in [0.4, 0.5) is 24.7 Å². The van der Waals surface area contributed by atoms with Gasteiger partial charge in [0.15, 0.2) is 0 Å². The maximum absolute atomic E-state index is 13.0. The molecule has 0 bridgehead atoms. The summed E-state index contributed by atoms with van der Waals surface area (Å²) in [5, 5.41) is 7.32. The van der Waals surface area contributed by atoms with Crippen molar-refractivity contribution in [1.29, 1.82) is 0 Å². The summed E-state index contributed by atoms with van der Waals surface area (Å²) in [5.41, 5.74) is 3.47. The van der Waals surface area contributed by atoms with E-state index in [1.165, 1.54) is 12.4 Å². The topological polar surface area (TPSA) is 49.8 Å². The van der Waals surface area contributed by atoms with Crippen molar-refractivity contribution in [2.75, 3.05) is 10.6 Å². The zero-order chi connectivity index (χ0) is 23.4. The number of nitrogens with zero attached hydrogens (tertiary/aromatic N) is 2. The van der Waals surface area contributed by atoms with Gasteiger partial charge in [-0.3, -0.25) is 0 Å². The maximum Gasteiger partial charge on any atom is 0.416 e. The fraction of sp³-hybridized carbons (Fsp3) is 0.0769. The summed E-state index contributed by atoms with van der Waals surface area (Å²) >= 11 is 0. The van der Waals surface area contributed by atoms with E-state index >= 15 is 0 Å². The van der Waals surface area contributed by atoms with Crippen LogP contribution in [0, 0.1) is 0 Å². The van der Waals surface area contributed by atoms with Gasteiger partial charge in [-0.15, -0.1) is 0 Å². The molecule has 0 aliphatic rings. The molecule has 4 aromatic rings. The van der Waals surface area contributed by atoms with Crippen LogP contribution >= 0.6 is 0 Å². The zero-order valence-corrected chi connectivity index (χ0v) is 17.7. The number of aromatic nitrogens is 2. The molecule has 0 spiro atoms. The summed E-state index contributed by atoms with van der Waals surface area (Å²) in [7, 11) is 0. The number of rotatable bonds is 7. The summed E-state index contributed by atoms with van der Waals surface area (Å²) in [6.07, 6.45) is -1.14. The highest BCUT2D eigenvalue weighted by Crippen LogP contribution is 2.31. The van der Waals surface area contributed by atoms with E-state index in [0.717, 1.165) is 39.8 Å². The lowest BCUT2D eigenvalue weighted by Crippen LogP contribution is -2.06. The third-order valence-corrected chi connectivity index (χ3v) is 5.14. The number of halogens is 3. The lowest BCUT2D eigenvalue weighted by atomic mass is 10.1. The van der Waals surface area contributed by atoms with Crippen LogP contribution in [0.2, 0.25) is 0 Å². The highest BCUT2D eigenvalue weighted by molar-refractivity contribution is 5.94. The predicted molar refractivity (Wildman–Crippen MR) is 127 cm³/mol. The van der Waals surface area contributed by atoms with Crippen molar-refractivity contribution in [3.8, 4) is 0 Å². The van der Waals surface area contributed by atoms with Gasteiger partial charge in [0.2, 0.25) is 0 Å². The van der Waals surface area contributed by atoms with E-state index < -0.39 is 11.7 Å². The summed E-state index contributed by atoms with van der Waals surface area (Å²) in [5.74, 6) is 0.704. The van der Waals surface area contributed by atoms with Gasteiger partial charge in [0.25, 0.3) is 0 Å². The molecular formula is C26H21F3N4. The van der Waals surface area contributed by atoms with E-state index in [4.69, 9.17) is 0 Å². The Morgan fingerprint density at radius 3 is 2.55 bits per heavy atom. The molecule has 0 aliphatic carbocycles. The number of para-hydroxylation sites is 1. The van der Waals surface area contributed by atoms with Gasteiger partial charge in [0.05, 0.1) is 11.1 Å². The number of nitrogens with one attached hydrogen (secondary N) is 2. The average Bonchev–Trinajstić information content (AvgIpc) is 2.82. The SMILES string of the molecule is C=Cc1cccc2c(NCc3cccc(NC(=C)c4cccc(C(F)(F)F)c4)c3)ncnc12. The van der Waals surface area contributed by atoms with Crippen molar-refractivity contribution in [2.45, 2.75) is 12.7 Å². The Bertz CT molecular complexity index is 1330. The predicted octanol–water partition coefficient (Wildman–Crippen LogP) is 6.99. The van der Waals surface area contributed by atoms with Crippen LogP contribution in [0.15, 0.2) is 86.2 Å². The lowest BCUT2D eigenvalue weighted by molar-refractivity contribution is -0.137. The van der Waals surface area contributed by atoms with Crippen LogP contribution in [0.25, 0.3) is 22.7 Å². The van der Waals surface area contributed by atoms with E-state index in [-0.39, 0.29) is 0 Å². The summed E-state index contributed by atoms with van der Waals surface area (Å²) < 4.78 is 39.0. The first-order valence-electron chi connectivity index (χ1n) is 10.2. The van der Waals surface area contributed by atoms with Crippen LogP contribution in [0.5, 0.6) is 0 Å². The van der Waals surface area contributed by atoms with E-state index in [0.29, 0.717) is 23.6 Å². The van der Waals surface area contributed by atoms with Crippen molar-refractivity contribution in [1.82, 2.24) is 9.97 Å². The Morgan fingerprint density at radius 1 is 0.970 bits per heavy atom.